The molecule has 5 heteroatoms. The molecule has 1 saturated heterocycles. The molecule has 5 nitrogen and oxygen atoms in total. The molecule has 18 heavy (non-hydrogen) atoms. The van der Waals surface area contributed by atoms with Crippen LogP contribution in [0.1, 0.15) is 40.0 Å². The molecule has 0 aromatic carbocycles. The number of aliphatic hydroxyl groups is 1. The number of aliphatic hydroxyl groups excluding tert-OH is 1. The number of hydrogen-bond acceptors (Lipinski definition) is 4. The topological polar surface area (TPSA) is 82.1 Å². The highest BCUT2D eigenvalue weighted by Crippen LogP contribution is 2.24. The summed E-state index contributed by atoms with van der Waals surface area (Å²) in [6.45, 7) is 8.93. The van der Waals surface area contributed by atoms with E-state index in [9.17, 15) is 5.11 Å². The van der Waals surface area contributed by atoms with Gasteiger partial charge >= 0.3 is 0 Å². The van der Waals surface area contributed by atoms with Crippen LogP contribution >= 0.6 is 0 Å². The second-order valence-electron chi connectivity index (χ2n) is 6.06. The van der Waals surface area contributed by atoms with Crippen molar-refractivity contribution in [3.8, 4) is 0 Å². The molecular weight excluding hydrogens is 230 g/mol. The second kappa shape index (κ2) is 6.38. The molecule has 0 saturated carbocycles. The van der Waals surface area contributed by atoms with Gasteiger partial charge in [-0.25, -0.2) is 0 Å². The predicted octanol–water partition coefficient (Wildman–Crippen LogP) is 1.24. The zero-order valence-electron chi connectivity index (χ0n) is 11.8. The molecule has 4 N–H and O–H groups in total. The molecule has 0 aromatic heterocycles. The monoisotopic (exact) mass is 257 g/mol. The lowest BCUT2D eigenvalue weighted by Crippen LogP contribution is -2.33. The summed E-state index contributed by atoms with van der Waals surface area (Å²) in [7, 11) is 0. The van der Waals surface area contributed by atoms with Crippen LogP contribution in [0.2, 0.25) is 0 Å². The van der Waals surface area contributed by atoms with Gasteiger partial charge in [0.15, 0.2) is 0 Å². The number of nitrogens with zero attached hydrogens (tertiary/aromatic N) is 2. The summed E-state index contributed by atoms with van der Waals surface area (Å²) in [6, 6.07) is 0. The van der Waals surface area contributed by atoms with Crippen LogP contribution in [-0.2, 0) is 0 Å². The van der Waals surface area contributed by atoms with Gasteiger partial charge < -0.3 is 20.9 Å². The summed E-state index contributed by atoms with van der Waals surface area (Å²) in [6.07, 6.45) is 2.80. The van der Waals surface area contributed by atoms with Crippen molar-refractivity contribution in [3.63, 3.8) is 0 Å². The van der Waals surface area contributed by atoms with Gasteiger partial charge in [-0.15, -0.1) is 0 Å². The Morgan fingerprint density at radius 1 is 1.56 bits per heavy atom. The normalized spacial score (nSPS) is 24.4. The summed E-state index contributed by atoms with van der Waals surface area (Å²) in [5.74, 6) is 0.716. The Bertz CT molecular complexity index is 290. The first-order valence-corrected chi connectivity index (χ1v) is 6.75. The Kier molecular flexibility index (Phi) is 5.41. The van der Waals surface area contributed by atoms with Crippen LogP contribution in [0.15, 0.2) is 5.16 Å². The lowest BCUT2D eigenvalue weighted by molar-refractivity contribution is 0.127. The predicted molar refractivity (Wildman–Crippen MR) is 72.7 cm³/mol. The van der Waals surface area contributed by atoms with Crippen LogP contribution in [0.4, 0.5) is 0 Å². The van der Waals surface area contributed by atoms with E-state index in [4.69, 9.17) is 10.9 Å². The molecule has 1 fully saturated rings. The van der Waals surface area contributed by atoms with E-state index in [1.165, 1.54) is 0 Å². The molecule has 0 amide bonds. The maximum absolute atomic E-state index is 9.54. The molecule has 2 unspecified atom stereocenters. The first kappa shape index (κ1) is 15.2. The van der Waals surface area contributed by atoms with Crippen LogP contribution < -0.4 is 5.73 Å². The maximum atomic E-state index is 9.54. The molecule has 2 atom stereocenters. The van der Waals surface area contributed by atoms with Crippen molar-refractivity contribution in [1.82, 2.24) is 4.90 Å². The van der Waals surface area contributed by atoms with E-state index in [1.807, 2.05) is 20.8 Å². The maximum Gasteiger partial charge on any atom is 0.144 e. The SMILES string of the molecule is CC(O)C1CCN(CCCC(C)(C)C(N)=NO)C1. The molecule has 0 aliphatic carbocycles. The Labute approximate surface area is 110 Å². The molecule has 0 spiro atoms. The van der Waals surface area contributed by atoms with Crippen LogP contribution in [-0.4, -0.2) is 46.8 Å². The average molecular weight is 257 g/mol. The van der Waals surface area contributed by atoms with E-state index in [0.29, 0.717) is 11.8 Å². The number of likely N-dealkylation sites (tertiary alicyclic amines) is 1. The van der Waals surface area contributed by atoms with E-state index in [-0.39, 0.29) is 11.5 Å². The first-order valence-electron chi connectivity index (χ1n) is 6.75. The number of rotatable bonds is 6. The Morgan fingerprint density at radius 3 is 2.72 bits per heavy atom. The fraction of sp³-hybridized carbons (Fsp3) is 0.923. The van der Waals surface area contributed by atoms with Gasteiger partial charge in [0.1, 0.15) is 5.84 Å². The van der Waals surface area contributed by atoms with Crippen LogP contribution in [0, 0.1) is 11.3 Å². The van der Waals surface area contributed by atoms with Crippen LogP contribution in [0.3, 0.4) is 0 Å². The average Bonchev–Trinajstić information content (AvgIpc) is 2.76. The number of oxime groups is 1. The first-order chi connectivity index (χ1) is 8.36. The van der Waals surface area contributed by atoms with Crippen molar-refractivity contribution in [2.24, 2.45) is 22.2 Å². The highest BCUT2D eigenvalue weighted by atomic mass is 16.4. The summed E-state index contributed by atoms with van der Waals surface area (Å²) in [5, 5.41) is 21.3. The van der Waals surface area contributed by atoms with Gasteiger partial charge in [0.2, 0.25) is 0 Å². The highest BCUT2D eigenvalue weighted by molar-refractivity contribution is 5.85. The minimum Gasteiger partial charge on any atom is -0.409 e. The van der Waals surface area contributed by atoms with Gasteiger partial charge in [0.25, 0.3) is 0 Å². The fourth-order valence-corrected chi connectivity index (χ4v) is 2.47. The standard InChI is InChI=1S/C13H27N3O2/c1-10(17)11-5-8-16(9-11)7-4-6-13(2,3)12(14)15-18/h10-11,17-18H,4-9H2,1-3H3,(H2,14,15). The van der Waals surface area contributed by atoms with Gasteiger partial charge in [-0.3, -0.25) is 0 Å². The lowest BCUT2D eigenvalue weighted by Gasteiger charge is -2.24. The van der Waals surface area contributed by atoms with Crippen molar-refractivity contribution in [2.75, 3.05) is 19.6 Å². The zero-order valence-corrected chi connectivity index (χ0v) is 11.8. The number of nitrogens with two attached hydrogens (primary N) is 1. The quantitative estimate of drug-likeness (QED) is 0.289. The molecule has 1 aliphatic heterocycles. The van der Waals surface area contributed by atoms with Crippen molar-refractivity contribution in [2.45, 2.75) is 46.1 Å². The smallest absolute Gasteiger partial charge is 0.144 e. The van der Waals surface area contributed by atoms with Gasteiger partial charge in [-0.05, 0) is 45.2 Å². The Morgan fingerprint density at radius 2 is 2.22 bits per heavy atom. The minimum atomic E-state index is -0.252. The fourth-order valence-electron chi connectivity index (χ4n) is 2.47. The summed E-state index contributed by atoms with van der Waals surface area (Å²) < 4.78 is 0. The molecule has 106 valence electrons. The van der Waals surface area contributed by atoms with E-state index < -0.39 is 0 Å². The summed E-state index contributed by atoms with van der Waals surface area (Å²) >= 11 is 0. The van der Waals surface area contributed by atoms with Gasteiger partial charge in [0.05, 0.1) is 6.10 Å². The second-order valence-corrected chi connectivity index (χ2v) is 6.06. The van der Waals surface area contributed by atoms with Crippen molar-refractivity contribution in [3.05, 3.63) is 0 Å². The Hall–Kier alpha value is -0.810. The van der Waals surface area contributed by atoms with Crippen molar-refractivity contribution >= 4 is 5.84 Å². The molecule has 0 bridgehead atoms. The number of amidine groups is 1. The van der Waals surface area contributed by atoms with Gasteiger partial charge in [-0.2, -0.15) is 0 Å². The van der Waals surface area contributed by atoms with E-state index in [2.05, 4.69) is 10.1 Å². The molecule has 0 radical (unpaired) electrons. The third-order valence-corrected chi connectivity index (χ3v) is 4.07. The Balaban J connectivity index is 2.27. The zero-order chi connectivity index (χ0) is 13.8. The largest absolute Gasteiger partial charge is 0.409 e. The third kappa shape index (κ3) is 4.14. The molecular formula is C13H27N3O2. The van der Waals surface area contributed by atoms with Gasteiger partial charge in [0, 0.05) is 12.0 Å². The lowest BCUT2D eigenvalue weighted by atomic mass is 9.86. The summed E-state index contributed by atoms with van der Waals surface area (Å²) in [5.41, 5.74) is 5.41. The molecule has 1 heterocycles. The molecule has 1 aliphatic rings. The van der Waals surface area contributed by atoms with E-state index in [1.54, 1.807) is 0 Å². The van der Waals surface area contributed by atoms with Crippen LogP contribution in [0.5, 0.6) is 0 Å². The van der Waals surface area contributed by atoms with Crippen LogP contribution in [0.25, 0.3) is 0 Å². The summed E-state index contributed by atoms with van der Waals surface area (Å²) in [4.78, 5) is 2.39. The number of hydrogen-bond donors (Lipinski definition) is 3. The molecule has 1 rings (SSSR count). The minimum absolute atomic E-state index is 0.205. The highest BCUT2D eigenvalue weighted by Gasteiger charge is 2.27. The van der Waals surface area contributed by atoms with Crippen molar-refractivity contribution < 1.29 is 10.3 Å². The van der Waals surface area contributed by atoms with E-state index >= 15 is 0 Å². The third-order valence-electron chi connectivity index (χ3n) is 4.07. The van der Waals surface area contributed by atoms with Crippen molar-refractivity contribution in [1.29, 1.82) is 0 Å². The van der Waals surface area contributed by atoms with Gasteiger partial charge in [-0.1, -0.05) is 19.0 Å². The van der Waals surface area contributed by atoms with E-state index in [0.717, 1.165) is 38.9 Å². The molecule has 0 aromatic rings.